The Morgan fingerprint density at radius 3 is 3.07 bits per heavy atom. The lowest BCUT2D eigenvalue weighted by molar-refractivity contribution is 0.0379. The highest BCUT2D eigenvalue weighted by atomic mass is 79.9. The van der Waals surface area contributed by atoms with Crippen LogP contribution in [0.2, 0.25) is 0 Å². The first kappa shape index (κ1) is 11.3. The fraction of sp³-hybridized carbons (Fsp3) is 0.778. The molecule has 6 heteroatoms. The Kier molecular flexibility index (Phi) is 3.58. The summed E-state index contributed by atoms with van der Waals surface area (Å²) in [5.74, 6) is 0.851. The minimum atomic E-state index is 0.255. The number of alkyl halides is 1. The van der Waals surface area contributed by atoms with Gasteiger partial charge in [-0.05, 0) is 13.8 Å². The Morgan fingerprint density at radius 1 is 1.67 bits per heavy atom. The van der Waals surface area contributed by atoms with Crippen LogP contribution in [-0.2, 0) is 4.74 Å². The maximum absolute atomic E-state index is 5.67. The smallest absolute Gasteiger partial charge is 0.205 e. The molecule has 0 spiro atoms. The number of aryl methyl sites for hydroxylation is 1. The van der Waals surface area contributed by atoms with Crippen LogP contribution in [0.3, 0.4) is 0 Å². The summed E-state index contributed by atoms with van der Waals surface area (Å²) in [5, 5.41) is 1.88. The van der Waals surface area contributed by atoms with E-state index in [0.29, 0.717) is 6.04 Å². The second kappa shape index (κ2) is 4.76. The third-order valence-corrected chi connectivity index (χ3v) is 4.01. The van der Waals surface area contributed by atoms with Gasteiger partial charge in [0.15, 0.2) is 0 Å². The second-order valence-electron chi connectivity index (χ2n) is 3.74. The zero-order chi connectivity index (χ0) is 10.8. The number of anilines is 1. The van der Waals surface area contributed by atoms with Crippen LogP contribution in [0.5, 0.6) is 0 Å². The molecular formula is C9H14BrN3OS. The number of nitrogens with zero attached hydrogens (tertiary/aromatic N) is 3. The number of hydrogen-bond acceptors (Lipinski definition) is 5. The van der Waals surface area contributed by atoms with E-state index in [4.69, 9.17) is 4.74 Å². The Labute approximate surface area is 102 Å². The Bertz CT molecular complexity index is 333. The predicted octanol–water partition coefficient (Wildman–Crippen LogP) is 1.84. The highest BCUT2D eigenvalue weighted by Crippen LogP contribution is 2.23. The first-order valence-corrected chi connectivity index (χ1v) is 6.84. The lowest BCUT2D eigenvalue weighted by Crippen LogP contribution is -2.49. The van der Waals surface area contributed by atoms with E-state index in [1.807, 2.05) is 6.92 Å². The van der Waals surface area contributed by atoms with E-state index < -0.39 is 0 Å². The molecule has 0 radical (unpaired) electrons. The lowest BCUT2D eigenvalue weighted by Gasteiger charge is -2.37. The van der Waals surface area contributed by atoms with Crippen molar-refractivity contribution in [1.29, 1.82) is 0 Å². The van der Waals surface area contributed by atoms with Crippen LogP contribution in [0.4, 0.5) is 5.13 Å². The van der Waals surface area contributed by atoms with Gasteiger partial charge in [-0.1, -0.05) is 15.9 Å². The normalized spacial score (nSPS) is 27.0. The van der Waals surface area contributed by atoms with Crippen LogP contribution in [0, 0.1) is 6.92 Å². The highest BCUT2D eigenvalue weighted by Gasteiger charge is 2.27. The van der Waals surface area contributed by atoms with Crippen molar-refractivity contribution < 1.29 is 4.74 Å². The van der Waals surface area contributed by atoms with E-state index >= 15 is 0 Å². The van der Waals surface area contributed by atoms with E-state index in [9.17, 15) is 0 Å². The van der Waals surface area contributed by atoms with Gasteiger partial charge in [0, 0.05) is 23.4 Å². The summed E-state index contributed by atoms with van der Waals surface area (Å²) in [6.45, 7) is 5.73. The molecule has 2 heterocycles. The number of morpholine rings is 1. The molecule has 15 heavy (non-hydrogen) atoms. The van der Waals surface area contributed by atoms with Crippen molar-refractivity contribution in [2.24, 2.45) is 0 Å². The summed E-state index contributed by atoms with van der Waals surface area (Å²) in [5.41, 5.74) is 0. The molecule has 84 valence electrons. The number of halogens is 1. The quantitative estimate of drug-likeness (QED) is 0.780. The van der Waals surface area contributed by atoms with Crippen molar-refractivity contribution in [1.82, 2.24) is 9.36 Å². The number of aromatic nitrogens is 2. The highest BCUT2D eigenvalue weighted by molar-refractivity contribution is 9.09. The number of rotatable bonds is 2. The molecule has 0 amide bonds. The third-order valence-electron chi connectivity index (χ3n) is 2.44. The van der Waals surface area contributed by atoms with E-state index in [-0.39, 0.29) is 6.10 Å². The molecule has 0 aromatic carbocycles. The Balaban J connectivity index is 2.12. The summed E-state index contributed by atoms with van der Waals surface area (Å²) in [4.78, 5) is 6.69. The standard InChI is InChI=1S/C9H14BrN3OS/c1-6-5-14-8(3-10)4-13(6)9-11-7(2)12-15-9/h6,8H,3-5H2,1-2H3. The van der Waals surface area contributed by atoms with Crippen LogP contribution in [0.15, 0.2) is 0 Å². The molecule has 1 saturated heterocycles. The van der Waals surface area contributed by atoms with Gasteiger partial charge in [0.25, 0.3) is 0 Å². The summed E-state index contributed by atoms with van der Waals surface area (Å²) in [7, 11) is 0. The van der Waals surface area contributed by atoms with E-state index in [1.54, 1.807) is 0 Å². The largest absolute Gasteiger partial charge is 0.373 e. The van der Waals surface area contributed by atoms with Crippen LogP contribution in [0.1, 0.15) is 12.7 Å². The van der Waals surface area contributed by atoms with Crippen molar-refractivity contribution in [3.63, 3.8) is 0 Å². The van der Waals surface area contributed by atoms with Gasteiger partial charge >= 0.3 is 0 Å². The molecule has 0 bridgehead atoms. The molecule has 0 aliphatic carbocycles. The zero-order valence-corrected chi connectivity index (χ0v) is 11.2. The van der Waals surface area contributed by atoms with Crippen molar-refractivity contribution in [2.45, 2.75) is 26.0 Å². The van der Waals surface area contributed by atoms with Gasteiger partial charge in [-0.25, -0.2) is 4.98 Å². The van der Waals surface area contributed by atoms with Crippen LogP contribution < -0.4 is 4.90 Å². The van der Waals surface area contributed by atoms with Crippen molar-refractivity contribution in [3.8, 4) is 0 Å². The first-order chi connectivity index (χ1) is 7.20. The molecule has 1 fully saturated rings. The predicted molar refractivity (Wildman–Crippen MR) is 65.0 cm³/mol. The zero-order valence-electron chi connectivity index (χ0n) is 8.81. The fourth-order valence-electron chi connectivity index (χ4n) is 1.58. The summed E-state index contributed by atoms with van der Waals surface area (Å²) >= 11 is 4.92. The van der Waals surface area contributed by atoms with E-state index in [2.05, 4.69) is 37.1 Å². The van der Waals surface area contributed by atoms with Gasteiger partial charge in [0.05, 0.1) is 18.8 Å². The maximum atomic E-state index is 5.67. The third kappa shape index (κ3) is 2.49. The average Bonchev–Trinajstić information content (AvgIpc) is 2.65. The van der Waals surface area contributed by atoms with E-state index in [0.717, 1.165) is 29.4 Å². The molecule has 2 atom stereocenters. The summed E-state index contributed by atoms with van der Waals surface area (Å²) in [6, 6.07) is 0.382. The van der Waals surface area contributed by atoms with Gasteiger partial charge in [0.1, 0.15) is 5.82 Å². The molecule has 1 aromatic heterocycles. The first-order valence-electron chi connectivity index (χ1n) is 4.95. The molecule has 4 nitrogen and oxygen atoms in total. The van der Waals surface area contributed by atoms with Crippen molar-refractivity contribution in [3.05, 3.63) is 5.82 Å². The molecule has 1 aliphatic heterocycles. The minimum Gasteiger partial charge on any atom is -0.373 e. The molecule has 2 unspecified atom stereocenters. The van der Waals surface area contributed by atoms with Crippen LogP contribution in [0.25, 0.3) is 0 Å². The average molecular weight is 292 g/mol. The van der Waals surface area contributed by atoms with Crippen LogP contribution >= 0.6 is 27.5 Å². The van der Waals surface area contributed by atoms with Crippen molar-refractivity contribution >= 4 is 32.6 Å². The van der Waals surface area contributed by atoms with Crippen LogP contribution in [-0.4, -0.2) is 40.0 Å². The van der Waals surface area contributed by atoms with Gasteiger partial charge in [-0.15, -0.1) is 0 Å². The topological polar surface area (TPSA) is 38.2 Å². The molecular weight excluding hydrogens is 278 g/mol. The van der Waals surface area contributed by atoms with Gasteiger partial charge in [-0.2, -0.15) is 4.37 Å². The molecule has 1 aliphatic rings. The molecule has 2 rings (SSSR count). The second-order valence-corrected chi connectivity index (χ2v) is 5.11. The molecule has 1 aromatic rings. The van der Waals surface area contributed by atoms with Gasteiger partial charge < -0.3 is 9.64 Å². The Morgan fingerprint density at radius 2 is 2.47 bits per heavy atom. The van der Waals surface area contributed by atoms with E-state index in [1.165, 1.54) is 11.5 Å². The lowest BCUT2D eigenvalue weighted by atomic mass is 10.2. The SMILES string of the molecule is Cc1nsc(N2CC(CBr)OCC2C)n1. The minimum absolute atomic E-state index is 0.255. The fourth-order valence-corrected chi connectivity index (χ4v) is 2.76. The van der Waals surface area contributed by atoms with Gasteiger partial charge in [-0.3, -0.25) is 0 Å². The Hall–Kier alpha value is -0.200. The molecule has 0 saturated carbocycles. The van der Waals surface area contributed by atoms with Gasteiger partial charge in [0.2, 0.25) is 5.13 Å². The maximum Gasteiger partial charge on any atom is 0.205 e. The summed E-state index contributed by atoms with van der Waals surface area (Å²) in [6.07, 6.45) is 0.255. The monoisotopic (exact) mass is 291 g/mol. The number of hydrogen-bond donors (Lipinski definition) is 0. The summed E-state index contributed by atoms with van der Waals surface area (Å²) < 4.78 is 9.88. The van der Waals surface area contributed by atoms with Crippen molar-refractivity contribution in [2.75, 3.05) is 23.4 Å². The number of ether oxygens (including phenoxy) is 1. The molecule has 0 N–H and O–H groups in total.